The predicted octanol–water partition coefficient (Wildman–Crippen LogP) is 3.24. The van der Waals surface area contributed by atoms with Gasteiger partial charge in [-0.2, -0.15) is 0 Å². The average Bonchev–Trinajstić information content (AvgIpc) is 2.53. The van der Waals surface area contributed by atoms with Crippen LogP contribution in [0.2, 0.25) is 0 Å². The lowest BCUT2D eigenvalue weighted by Gasteiger charge is -2.36. The Balaban J connectivity index is 1.74. The molecule has 0 aromatic heterocycles. The molecule has 4 heteroatoms. The monoisotopic (exact) mass is 315 g/mol. The SMILES string of the molecule is CC1CCCC(CC(=O)N2Cc3ccccc3CC2C(=O)O)C1. The molecule has 1 fully saturated rings. The fourth-order valence-electron chi connectivity index (χ4n) is 4.12. The molecule has 3 atom stereocenters. The molecule has 1 aliphatic heterocycles. The number of aliphatic carboxylic acids is 1. The molecule has 3 rings (SSSR count). The van der Waals surface area contributed by atoms with Crippen molar-refractivity contribution in [3.8, 4) is 0 Å². The van der Waals surface area contributed by atoms with Crippen molar-refractivity contribution in [3.05, 3.63) is 35.4 Å². The van der Waals surface area contributed by atoms with E-state index >= 15 is 0 Å². The van der Waals surface area contributed by atoms with Crippen molar-refractivity contribution in [3.63, 3.8) is 0 Å². The van der Waals surface area contributed by atoms with Gasteiger partial charge in [-0.05, 0) is 35.8 Å². The van der Waals surface area contributed by atoms with Crippen LogP contribution in [0.5, 0.6) is 0 Å². The molecule has 1 N–H and O–H groups in total. The van der Waals surface area contributed by atoms with Crippen molar-refractivity contribution in [1.82, 2.24) is 4.90 Å². The summed E-state index contributed by atoms with van der Waals surface area (Å²) in [5, 5.41) is 9.54. The van der Waals surface area contributed by atoms with Gasteiger partial charge >= 0.3 is 5.97 Å². The first-order chi connectivity index (χ1) is 11.0. The highest BCUT2D eigenvalue weighted by molar-refractivity contribution is 5.84. The Hall–Kier alpha value is -1.84. The molecule has 2 aliphatic rings. The molecule has 1 aliphatic carbocycles. The second kappa shape index (κ2) is 6.73. The summed E-state index contributed by atoms with van der Waals surface area (Å²) in [6.07, 6.45) is 5.53. The Labute approximate surface area is 137 Å². The molecule has 124 valence electrons. The first-order valence-corrected chi connectivity index (χ1v) is 8.63. The van der Waals surface area contributed by atoms with Gasteiger partial charge in [-0.1, -0.05) is 44.0 Å². The Morgan fingerprint density at radius 1 is 1.22 bits per heavy atom. The molecule has 0 spiro atoms. The molecule has 0 bridgehead atoms. The lowest BCUT2D eigenvalue weighted by molar-refractivity contribution is -0.152. The van der Waals surface area contributed by atoms with Crippen LogP contribution in [0.15, 0.2) is 24.3 Å². The molecule has 3 unspecified atom stereocenters. The summed E-state index contributed by atoms with van der Waals surface area (Å²) in [7, 11) is 0. The lowest BCUT2D eigenvalue weighted by Crippen LogP contribution is -2.49. The Kier molecular flexibility index (Phi) is 4.69. The summed E-state index contributed by atoms with van der Waals surface area (Å²) in [5.41, 5.74) is 2.13. The van der Waals surface area contributed by atoms with Crippen molar-refractivity contribution >= 4 is 11.9 Å². The van der Waals surface area contributed by atoms with Crippen molar-refractivity contribution in [2.45, 2.75) is 58.0 Å². The molecule has 23 heavy (non-hydrogen) atoms. The first kappa shape index (κ1) is 16.0. The van der Waals surface area contributed by atoms with Gasteiger partial charge in [0.05, 0.1) is 0 Å². The van der Waals surface area contributed by atoms with Crippen LogP contribution in [-0.4, -0.2) is 27.9 Å². The quantitative estimate of drug-likeness (QED) is 0.931. The number of hydrogen-bond donors (Lipinski definition) is 1. The summed E-state index contributed by atoms with van der Waals surface area (Å²) in [6, 6.07) is 7.12. The largest absolute Gasteiger partial charge is 0.480 e. The van der Waals surface area contributed by atoms with Crippen molar-refractivity contribution in [2.75, 3.05) is 0 Å². The highest BCUT2D eigenvalue weighted by Gasteiger charge is 2.35. The standard InChI is InChI=1S/C19H25NO3/c1-13-5-4-6-14(9-13)10-18(21)20-12-16-8-3-2-7-15(16)11-17(20)19(22)23/h2-3,7-8,13-14,17H,4-6,9-12H2,1H3,(H,22,23). The zero-order chi connectivity index (χ0) is 16.4. The summed E-state index contributed by atoms with van der Waals surface area (Å²) in [6.45, 7) is 2.67. The number of benzene rings is 1. The van der Waals surface area contributed by atoms with Gasteiger partial charge in [-0.25, -0.2) is 4.79 Å². The van der Waals surface area contributed by atoms with E-state index < -0.39 is 12.0 Å². The number of carbonyl (C=O) groups is 2. The summed E-state index contributed by atoms with van der Waals surface area (Å²) < 4.78 is 0. The van der Waals surface area contributed by atoms with Crippen LogP contribution in [0.1, 0.15) is 50.2 Å². The summed E-state index contributed by atoms with van der Waals surface area (Å²) in [5.74, 6) is 0.202. The molecule has 4 nitrogen and oxygen atoms in total. The van der Waals surface area contributed by atoms with Crippen molar-refractivity contribution in [1.29, 1.82) is 0 Å². The third-order valence-electron chi connectivity index (χ3n) is 5.36. The van der Waals surface area contributed by atoms with E-state index in [0.717, 1.165) is 24.0 Å². The second-order valence-corrected chi connectivity index (χ2v) is 7.19. The molecule has 0 saturated heterocycles. The van der Waals surface area contributed by atoms with Crippen LogP contribution >= 0.6 is 0 Å². The molecule has 1 saturated carbocycles. The molecule has 1 aromatic rings. The van der Waals surface area contributed by atoms with Gasteiger partial charge in [0.25, 0.3) is 0 Å². The van der Waals surface area contributed by atoms with Crippen LogP contribution in [0.3, 0.4) is 0 Å². The average molecular weight is 315 g/mol. The third kappa shape index (κ3) is 3.57. The van der Waals surface area contributed by atoms with Crippen LogP contribution in [0, 0.1) is 11.8 Å². The van der Waals surface area contributed by atoms with E-state index in [0.29, 0.717) is 31.2 Å². The normalized spacial score (nSPS) is 27.3. The zero-order valence-electron chi connectivity index (χ0n) is 13.7. The van der Waals surface area contributed by atoms with E-state index in [4.69, 9.17) is 0 Å². The predicted molar refractivity (Wildman–Crippen MR) is 87.9 cm³/mol. The maximum Gasteiger partial charge on any atom is 0.326 e. The number of hydrogen-bond acceptors (Lipinski definition) is 2. The molecule has 1 amide bonds. The van der Waals surface area contributed by atoms with Crippen LogP contribution in [0.25, 0.3) is 0 Å². The maximum atomic E-state index is 12.8. The van der Waals surface area contributed by atoms with Crippen molar-refractivity contribution in [2.24, 2.45) is 11.8 Å². The third-order valence-corrected chi connectivity index (χ3v) is 5.36. The van der Waals surface area contributed by atoms with E-state index in [1.54, 1.807) is 4.90 Å². The second-order valence-electron chi connectivity index (χ2n) is 7.19. The minimum Gasteiger partial charge on any atom is -0.480 e. The Bertz CT molecular complexity index is 598. The van der Waals surface area contributed by atoms with E-state index in [9.17, 15) is 14.7 Å². The fourth-order valence-corrected chi connectivity index (χ4v) is 4.12. The highest BCUT2D eigenvalue weighted by Crippen LogP contribution is 2.32. The van der Waals surface area contributed by atoms with Gasteiger partial charge in [0.15, 0.2) is 0 Å². The molecule has 1 heterocycles. The maximum absolute atomic E-state index is 12.8. The minimum absolute atomic E-state index is 0.00556. The number of fused-ring (bicyclic) bond motifs is 1. The van der Waals surface area contributed by atoms with Gasteiger partial charge < -0.3 is 10.0 Å². The van der Waals surface area contributed by atoms with Crippen LogP contribution < -0.4 is 0 Å². The van der Waals surface area contributed by atoms with Crippen LogP contribution in [-0.2, 0) is 22.6 Å². The molecular formula is C19H25NO3. The number of carboxylic acids is 1. The number of nitrogens with zero attached hydrogens (tertiary/aromatic N) is 1. The smallest absolute Gasteiger partial charge is 0.326 e. The first-order valence-electron chi connectivity index (χ1n) is 8.63. The zero-order valence-corrected chi connectivity index (χ0v) is 13.7. The van der Waals surface area contributed by atoms with Gasteiger partial charge in [0.1, 0.15) is 6.04 Å². The number of rotatable bonds is 3. The van der Waals surface area contributed by atoms with E-state index in [1.165, 1.54) is 12.8 Å². The van der Waals surface area contributed by atoms with Gasteiger partial charge in [-0.15, -0.1) is 0 Å². The molecule has 1 aromatic carbocycles. The number of amides is 1. The van der Waals surface area contributed by atoms with Gasteiger partial charge in [0.2, 0.25) is 5.91 Å². The van der Waals surface area contributed by atoms with E-state index in [1.807, 2.05) is 24.3 Å². The Morgan fingerprint density at radius 2 is 1.96 bits per heavy atom. The van der Waals surface area contributed by atoms with E-state index in [-0.39, 0.29) is 5.91 Å². The summed E-state index contributed by atoms with van der Waals surface area (Å²) >= 11 is 0. The Morgan fingerprint density at radius 3 is 2.65 bits per heavy atom. The molecule has 0 radical (unpaired) electrons. The van der Waals surface area contributed by atoms with Crippen molar-refractivity contribution < 1.29 is 14.7 Å². The number of carboxylic acid groups (broad SMARTS) is 1. The molecular weight excluding hydrogens is 290 g/mol. The van der Waals surface area contributed by atoms with Crippen LogP contribution in [0.4, 0.5) is 0 Å². The van der Waals surface area contributed by atoms with E-state index in [2.05, 4.69) is 6.92 Å². The van der Waals surface area contributed by atoms with Gasteiger partial charge in [-0.3, -0.25) is 4.79 Å². The fraction of sp³-hybridized carbons (Fsp3) is 0.579. The summed E-state index contributed by atoms with van der Waals surface area (Å²) in [4.78, 5) is 26.0. The highest BCUT2D eigenvalue weighted by atomic mass is 16.4. The minimum atomic E-state index is -0.898. The lowest BCUT2D eigenvalue weighted by atomic mass is 9.80. The number of carbonyl (C=O) groups excluding carboxylic acids is 1. The topological polar surface area (TPSA) is 57.6 Å². The van der Waals surface area contributed by atoms with Gasteiger partial charge in [0, 0.05) is 19.4 Å².